The summed E-state index contributed by atoms with van der Waals surface area (Å²) in [7, 11) is 0. The third-order valence-corrected chi connectivity index (χ3v) is 1.96. The van der Waals surface area contributed by atoms with Crippen LogP contribution in [0, 0.1) is 0 Å². The van der Waals surface area contributed by atoms with Gasteiger partial charge in [-0.3, -0.25) is 5.10 Å². The van der Waals surface area contributed by atoms with Crippen LogP contribution in [-0.4, -0.2) is 15.2 Å². The zero-order valence-electron chi connectivity index (χ0n) is 7.57. The number of hydrogen-bond acceptors (Lipinski definition) is 4. The molecule has 0 saturated carbocycles. The first-order valence-corrected chi connectivity index (χ1v) is 4.26. The van der Waals surface area contributed by atoms with Gasteiger partial charge in [0.1, 0.15) is 5.82 Å². The van der Waals surface area contributed by atoms with Crippen molar-refractivity contribution in [3.63, 3.8) is 0 Å². The first-order chi connectivity index (χ1) is 6.75. The van der Waals surface area contributed by atoms with E-state index >= 15 is 0 Å². The molecule has 0 aliphatic heterocycles. The van der Waals surface area contributed by atoms with Crippen LogP contribution < -0.4 is 11.5 Å². The maximum absolute atomic E-state index is 5.78. The molecule has 2 aromatic rings. The van der Waals surface area contributed by atoms with Gasteiger partial charge in [-0.15, -0.1) is 5.10 Å². The minimum Gasteiger partial charge on any atom is -0.398 e. The summed E-state index contributed by atoms with van der Waals surface area (Å²) in [5.74, 6) is 0.981. The van der Waals surface area contributed by atoms with Crippen molar-refractivity contribution in [3.05, 3.63) is 35.7 Å². The Hall–Kier alpha value is -2.04. The monoisotopic (exact) mass is 189 g/mol. The Bertz CT molecular complexity index is 434. The summed E-state index contributed by atoms with van der Waals surface area (Å²) in [5.41, 5.74) is 12.9. The summed E-state index contributed by atoms with van der Waals surface area (Å²) in [5, 5.41) is 6.48. The molecule has 0 aliphatic carbocycles. The first kappa shape index (κ1) is 8.55. The highest BCUT2D eigenvalue weighted by Crippen LogP contribution is 2.13. The number of rotatable bonds is 2. The van der Waals surface area contributed by atoms with Crippen molar-refractivity contribution in [1.29, 1.82) is 0 Å². The first-order valence-electron chi connectivity index (χ1n) is 4.26. The number of para-hydroxylation sites is 1. The molecule has 0 radical (unpaired) electrons. The minimum absolute atomic E-state index is 0.259. The number of nitrogens with zero attached hydrogens (tertiary/aromatic N) is 2. The van der Waals surface area contributed by atoms with Gasteiger partial charge in [0.15, 0.2) is 0 Å². The average Bonchev–Trinajstić information content (AvgIpc) is 2.56. The van der Waals surface area contributed by atoms with Crippen LogP contribution in [0.3, 0.4) is 0 Å². The van der Waals surface area contributed by atoms with Gasteiger partial charge in [-0.05, 0) is 11.6 Å². The number of nitrogens with one attached hydrogen (secondary N) is 1. The molecule has 1 aromatic carbocycles. The van der Waals surface area contributed by atoms with Gasteiger partial charge in [0.05, 0.1) is 0 Å². The molecular weight excluding hydrogens is 178 g/mol. The molecule has 0 aliphatic rings. The molecule has 0 spiro atoms. The van der Waals surface area contributed by atoms with E-state index < -0.39 is 0 Å². The number of aromatic amines is 1. The summed E-state index contributed by atoms with van der Waals surface area (Å²) in [6.07, 6.45) is 0.622. The van der Waals surface area contributed by atoms with Gasteiger partial charge in [-0.2, -0.15) is 4.98 Å². The van der Waals surface area contributed by atoms with E-state index in [-0.39, 0.29) is 5.95 Å². The van der Waals surface area contributed by atoms with Crippen molar-refractivity contribution in [2.75, 3.05) is 11.5 Å². The van der Waals surface area contributed by atoms with Gasteiger partial charge in [0.2, 0.25) is 5.95 Å². The Morgan fingerprint density at radius 1 is 1.21 bits per heavy atom. The van der Waals surface area contributed by atoms with Crippen molar-refractivity contribution >= 4 is 11.6 Å². The van der Waals surface area contributed by atoms with Crippen LogP contribution in [0.25, 0.3) is 0 Å². The lowest BCUT2D eigenvalue weighted by Gasteiger charge is -2.01. The maximum Gasteiger partial charge on any atom is 0.239 e. The lowest BCUT2D eigenvalue weighted by molar-refractivity contribution is 0.974. The van der Waals surface area contributed by atoms with Crippen LogP contribution in [0.4, 0.5) is 11.6 Å². The Morgan fingerprint density at radius 3 is 2.64 bits per heavy atom. The van der Waals surface area contributed by atoms with Crippen molar-refractivity contribution < 1.29 is 0 Å². The summed E-state index contributed by atoms with van der Waals surface area (Å²) >= 11 is 0. The average molecular weight is 189 g/mol. The zero-order valence-corrected chi connectivity index (χ0v) is 7.57. The van der Waals surface area contributed by atoms with E-state index in [0.717, 1.165) is 17.1 Å². The molecule has 0 atom stereocenters. The van der Waals surface area contributed by atoms with Crippen LogP contribution in [-0.2, 0) is 6.42 Å². The fourth-order valence-electron chi connectivity index (χ4n) is 1.26. The van der Waals surface area contributed by atoms with E-state index in [1.54, 1.807) is 0 Å². The Labute approximate surface area is 81.2 Å². The second-order valence-electron chi connectivity index (χ2n) is 3.02. The van der Waals surface area contributed by atoms with E-state index in [4.69, 9.17) is 11.5 Å². The quantitative estimate of drug-likeness (QED) is 0.602. The Kier molecular flexibility index (Phi) is 2.06. The fourth-order valence-corrected chi connectivity index (χ4v) is 1.26. The van der Waals surface area contributed by atoms with Crippen LogP contribution in [0.5, 0.6) is 0 Å². The van der Waals surface area contributed by atoms with Crippen LogP contribution in [0.1, 0.15) is 11.4 Å². The van der Waals surface area contributed by atoms with Crippen molar-refractivity contribution in [2.45, 2.75) is 6.42 Å². The number of anilines is 2. The SMILES string of the molecule is Nc1n[nH]c(Cc2ccccc2N)n1. The largest absolute Gasteiger partial charge is 0.398 e. The molecule has 1 heterocycles. The molecule has 0 amide bonds. The number of nitrogens with two attached hydrogens (primary N) is 2. The highest BCUT2D eigenvalue weighted by Gasteiger charge is 2.03. The molecular formula is C9H11N5. The molecule has 14 heavy (non-hydrogen) atoms. The minimum atomic E-state index is 0.259. The molecule has 0 unspecified atom stereocenters. The molecule has 5 heteroatoms. The van der Waals surface area contributed by atoms with Gasteiger partial charge in [-0.1, -0.05) is 18.2 Å². The Morgan fingerprint density at radius 2 is 2.00 bits per heavy atom. The number of aromatic nitrogens is 3. The predicted molar refractivity (Wildman–Crippen MR) is 54.5 cm³/mol. The fraction of sp³-hybridized carbons (Fsp3) is 0.111. The third-order valence-electron chi connectivity index (χ3n) is 1.96. The van der Waals surface area contributed by atoms with E-state index in [0.29, 0.717) is 6.42 Å². The molecule has 5 N–H and O–H groups in total. The highest BCUT2D eigenvalue weighted by atomic mass is 15.3. The smallest absolute Gasteiger partial charge is 0.239 e. The van der Waals surface area contributed by atoms with E-state index in [9.17, 15) is 0 Å². The van der Waals surface area contributed by atoms with E-state index in [2.05, 4.69) is 15.2 Å². The van der Waals surface area contributed by atoms with Gasteiger partial charge in [0.25, 0.3) is 0 Å². The number of H-pyrrole nitrogens is 1. The van der Waals surface area contributed by atoms with Gasteiger partial charge >= 0.3 is 0 Å². The number of nitrogen functional groups attached to an aromatic ring is 2. The predicted octanol–water partition coefficient (Wildman–Crippen LogP) is 0.560. The van der Waals surface area contributed by atoms with Gasteiger partial charge in [0, 0.05) is 12.1 Å². The van der Waals surface area contributed by atoms with E-state index in [1.807, 2.05) is 24.3 Å². The van der Waals surface area contributed by atoms with Gasteiger partial charge < -0.3 is 11.5 Å². The zero-order chi connectivity index (χ0) is 9.97. The maximum atomic E-state index is 5.78. The molecule has 0 saturated heterocycles. The van der Waals surface area contributed by atoms with Crippen LogP contribution in [0.2, 0.25) is 0 Å². The van der Waals surface area contributed by atoms with Gasteiger partial charge in [-0.25, -0.2) is 0 Å². The third kappa shape index (κ3) is 1.66. The molecule has 0 fully saturated rings. The Balaban J connectivity index is 2.23. The summed E-state index contributed by atoms with van der Waals surface area (Å²) < 4.78 is 0. The number of benzene rings is 1. The molecule has 0 bridgehead atoms. The van der Waals surface area contributed by atoms with Crippen molar-refractivity contribution in [1.82, 2.24) is 15.2 Å². The lowest BCUT2D eigenvalue weighted by atomic mass is 10.1. The van der Waals surface area contributed by atoms with E-state index in [1.165, 1.54) is 0 Å². The topological polar surface area (TPSA) is 93.6 Å². The molecule has 1 aromatic heterocycles. The van der Waals surface area contributed by atoms with Crippen molar-refractivity contribution in [3.8, 4) is 0 Å². The molecule has 72 valence electrons. The van der Waals surface area contributed by atoms with Crippen LogP contribution in [0.15, 0.2) is 24.3 Å². The standard InChI is InChI=1S/C9H11N5/c10-7-4-2-1-3-6(7)5-8-12-9(11)14-13-8/h1-4H,5,10H2,(H3,11,12,13,14). The lowest BCUT2D eigenvalue weighted by Crippen LogP contribution is -1.96. The highest BCUT2D eigenvalue weighted by molar-refractivity contribution is 5.47. The number of hydrogen-bond donors (Lipinski definition) is 3. The normalized spacial score (nSPS) is 10.3. The second-order valence-corrected chi connectivity index (χ2v) is 3.02. The van der Waals surface area contributed by atoms with Crippen molar-refractivity contribution in [2.24, 2.45) is 0 Å². The molecule has 2 rings (SSSR count). The summed E-state index contributed by atoms with van der Waals surface area (Å²) in [4.78, 5) is 4.00. The second kappa shape index (κ2) is 3.37. The summed E-state index contributed by atoms with van der Waals surface area (Å²) in [6, 6.07) is 7.64. The van der Waals surface area contributed by atoms with Crippen LogP contribution >= 0.6 is 0 Å². The summed E-state index contributed by atoms with van der Waals surface area (Å²) in [6.45, 7) is 0. The molecule has 5 nitrogen and oxygen atoms in total.